The predicted molar refractivity (Wildman–Crippen MR) is 45.2 cm³/mol. The second kappa shape index (κ2) is 2.19. The summed E-state index contributed by atoms with van der Waals surface area (Å²) in [7, 11) is 0. The topological polar surface area (TPSA) is 64.1 Å². The molecule has 1 saturated carbocycles. The first-order chi connectivity index (χ1) is 5.12. The zero-order chi connectivity index (χ0) is 7.95. The molecule has 1 aliphatic heterocycles. The van der Waals surface area contributed by atoms with Gasteiger partial charge in [0.25, 0.3) is 0 Å². The number of rotatable bonds is 0. The number of fused-ring (bicyclic) bond motifs is 2. The van der Waals surface area contributed by atoms with Crippen LogP contribution in [-0.4, -0.2) is 24.2 Å². The minimum Gasteiger partial charge on any atom is -0.324 e. The molecule has 2 atom stereocenters. The van der Waals surface area contributed by atoms with Gasteiger partial charge in [0.15, 0.2) is 0 Å². The third kappa shape index (κ3) is 1.28. The van der Waals surface area contributed by atoms with Crippen molar-refractivity contribution < 1.29 is 0 Å². The molecule has 1 saturated heterocycles. The van der Waals surface area contributed by atoms with E-state index in [1.54, 1.807) is 0 Å². The lowest BCUT2D eigenvalue weighted by molar-refractivity contribution is 0.142. The highest BCUT2D eigenvalue weighted by molar-refractivity contribution is 5.06. The molecule has 3 nitrogen and oxygen atoms in total. The fraction of sp³-hybridized carbons (Fsp3) is 1.00. The second-order valence-corrected chi connectivity index (χ2v) is 4.36. The van der Waals surface area contributed by atoms with Gasteiger partial charge < -0.3 is 16.8 Å². The van der Waals surface area contributed by atoms with Crippen molar-refractivity contribution in [2.24, 2.45) is 11.5 Å². The average Bonchev–Trinajstić information content (AvgIpc) is 1.83. The van der Waals surface area contributed by atoms with Gasteiger partial charge in [0.1, 0.15) is 0 Å². The third-order valence-electron chi connectivity index (χ3n) is 3.01. The predicted octanol–water partition coefficient (Wildman–Crippen LogP) is -0.441. The first-order valence-corrected chi connectivity index (χ1v) is 4.41. The molecule has 0 radical (unpaired) electrons. The Hall–Kier alpha value is -0.120. The summed E-state index contributed by atoms with van der Waals surface area (Å²) in [5.41, 5.74) is 12.3. The first-order valence-electron chi connectivity index (χ1n) is 4.41. The van der Waals surface area contributed by atoms with Crippen molar-refractivity contribution in [3.8, 4) is 0 Å². The van der Waals surface area contributed by atoms with Gasteiger partial charge in [-0.05, 0) is 25.7 Å². The largest absolute Gasteiger partial charge is 0.324 e. The van der Waals surface area contributed by atoms with Crippen LogP contribution in [0.5, 0.6) is 0 Å². The third-order valence-corrected chi connectivity index (χ3v) is 3.01. The van der Waals surface area contributed by atoms with Gasteiger partial charge in [-0.25, -0.2) is 0 Å². The van der Waals surface area contributed by atoms with Crippen LogP contribution in [0.1, 0.15) is 25.7 Å². The van der Waals surface area contributed by atoms with Gasteiger partial charge in [-0.1, -0.05) is 0 Å². The molecule has 2 rings (SSSR count). The lowest BCUT2D eigenvalue weighted by Crippen LogP contribution is -2.68. The maximum atomic E-state index is 6.14. The van der Waals surface area contributed by atoms with Crippen LogP contribution in [0.4, 0.5) is 0 Å². The van der Waals surface area contributed by atoms with Crippen LogP contribution < -0.4 is 16.8 Å². The van der Waals surface area contributed by atoms with E-state index in [2.05, 4.69) is 5.32 Å². The van der Waals surface area contributed by atoms with E-state index < -0.39 is 0 Å². The molecule has 1 aliphatic carbocycles. The molecule has 0 aromatic heterocycles. The molecule has 5 N–H and O–H groups in total. The van der Waals surface area contributed by atoms with Gasteiger partial charge in [0.05, 0.1) is 0 Å². The Morgan fingerprint density at radius 1 is 1.00 bits per heavy atom. The molecule has 0 aromatic rings. The Morgan fingerprint density at radius 2 is 1.55 bits per heavy atom. The number of piperidine rings is 1. The summed E-state index contributed by atoms with van der Waals surface area (Å²) in [5.74, 6) is 0. The van der Waals surface area contributed by atoms with Gasteiger partial charge >= 0.3 is 0 Å². The number of nitrogens with one attached hydrogen (secondary N) is 1. The lowest BCUT2D eigenvalue weighted by Gasteiger charge is -2.49. The van der Waals surface area contributed by atoms with Gasteiger partial charge in [-0.15, -0.1) is 0 Å². The number of hydrogen-bond acceptors (Lipinski definition) is 3. The van der Waals surface area contributed by atoms with Crippen LogP contribution in [0.15, 0.2) is 0 Å². The van der Waals surface area contributed by atoms with E-state index in [0.717, 1.165) is 32.4 Å². The molecular formula is C8H17N3. The molecular weight excluding hydrogens is 138 g/mol. The van der Waals surface area contributed by atoms with Crippen molar-refractivity contribution in [3.05, 3.63) is 0 Å². The van der Waals surface area contributed by atoms with Crippen molar-refractivity contribution in [3.63, 3.8) is 0 Å². The maximum absolute atomic E-state index is 6.14. The summed E-state index contributed by atoms with van der Waals surface area (Å²) < 4.78 is 0. The highest BCUT2D eigenvalue weighted by atomic mass is 15.0. The summed E-state index contributed by atoms with van der Waals surface area (Å²) in [6.45, 7) is 1.90. The van der Waals surface area contributed by atoms with Crippen LogP contribution in [0.3, 0.4) is 0 Å². The van der Waals surface area contributed by atoms with Gasteiger partial charge in [0, 0.05) is 24.2 Å². The van der Waals surface area contributed by atoms with E-state index >= 15 is 0 Å². The fourth-order valence-electron chi connectivity index (χ4n) is 2.53. The Morgan fingerprint density at radius 3 is 2.00 bits per heavy atom. The van der Waals surface area contributed by atoms with E-state index in [-0.39, 0.29) is 11.1 Å². The molecule has 0 aromatic carbocycles. The smallest absolute Gasteiger partial charge is 0.0298 e. The molecule has 2 unspecified atom stereocenters. The zero-order valence-electron chi connectivity index (χ0n) is 6.90. The van der Waals surface area contributed by atoms with Crippen molar-refractivity contribution in [2.75, 3.05) is 13.1 Å². The SMILES string of the molecule is NC12CCCC(N)(CNC1)C2. The molecule has 2 fully saturated rings. The Bertz CT molecular complexity index is 141. The van der Waals surface area contributed by atoms with E-state index in [1.165, 1.54) is 6.42 Å². The van der Waals surface area contributed by atoms with Crippen molar-refractivity contribution in [1.29, 1.82) is 0 Å². The first kappa shape index (κ1) is 7.53. The molecule has 11 heavy (non-hydrogen) atoms. The molecule has 1 heterocycles. The monoisotopic (exact) mass is 155 g/mol. The summed E-state index contributed by atoms with van der Waals surface area (Å²) in [5, 5.41) is 3.32. The number of nitrogens with two attached hydrogens (primary N) is 2. The van der Waals surface area contributed by atoms with Crippen LogP contribution in [0.2, 0.25) is 0 Å². The average molecular weight is 155 g/mol. The molecule has 2 aliphatic rings. The minimum atomic E-state index is 0.00521. The highest BCUT2D eigenvalue weighted by Gasteiger charge is 2.43. The summed E-state index contributed by atoms with van der Waals surface area (Å²) in [4.78, 5) is 0. The lowest BCUT2D eigenvalue weighted by atomic mass is 9.69. The van der Waals surface area contributed by atoms with Crippen LogP contribution in [0, 0.1) is 0 Å². The molecule has 2 bridgehead atoms. The second-order valence-electron chi connectivity index (χ2n) is 4.36. The van der Waals surface area contributed by atoms with Crippen molar-refractivity contribution in [2.45, 2.75) is 36.8 Å². The number of hydrogen-bond donors (Lipinski definition) is 3. The normalized spacial score (nSPS) is 50.7. The Labute approximate surface area is 67.5 Å². The molecule has 64 valence electrons. The molecule has 0 spiro atoms. The van der Waals surface area contributed by atoms with Crippen LogP contribution >= 0.6 is 0 Å². The minimum absolute atomic E-state index is 0.00521. The standard InChI is InChI=1S/C8H17N3/c9-7-2-1-3-8(10,4-7)6-11-5-7/h11H,1-6,9-10H2. The van der Waals surface area contributed by atoms with Crippen LogP contribution in [-0.2, 0) is 0 Å². The van der Waals surface area contributed by atoms with E-state index in [9.17, 15) is 0 Å². The Balaban J connectivity index is 2.16. The summed E-state index contributed by atoms with van der Waals surface area (Å²) in [6, 6.07) is 0. The highest BCUT2D eigenvalue weighted by Crippen LogP contribution is 2.34. The zero-order valence-corrected chi connectivity index (χ0v) is 6.90. The Kier molecular flexibility index (Phi) is 1.50. The van der Waals surface area contributed by atoms with Gasteiger partial charge in [0.2, 0.25) is 0 Å². The van der Waals surface area contributed by atoms with Gasteiger partial charge in [-0.3, -0.25) is 0 Å². The maximum Gasteiger partial charge on any atom is 0.0298 e. The van der Waals surface area contributed by atoms with E-state index in [4.69, 9.17) is 11.5 Å². The molecule has 3 heteroatoms. The fourth-order valence-corrected chi connectivity index (χ4v) is 2.53. The summed E-state index contributed by atoms with van der Waals surface area (Å²) in [6.07, 6.45) is 4.49. The van der Waals surface area contributed by atoms with E-state index in [1.807, 2.05) is 0 Å². The molecule has 0 amide bonds. The van der Waals surface area contributed by atoms with Gasteiger partial charge in [-0.2, -0.15) is 0 Å². The van der Waals surface area contributed by atoms with E-state index in [0.29, 0.717) is 0 Å². The quantitative estimate of drug-likeness (QED) is 0.444. The van der Waals surface area contributed by atoms with Crippen molar-refractivity contribution >= 4 is 0 Å². The van der Waals surface area contributed by atoms with Crippen LogP contribution in [0.25, 0.3) is 0 Å². The summed E-state index contributed by atoms with van der Waals surface area (Å²) >= 11 is 0. The van der Waals surface area contributed by atoms with Crippen molar-refractivity contribution in [1.82, 2.24) is 5.32 Å².